The standard InChI is InChI=1S/C15H16N4O3S/c1-3-6-23-9-15(20)22-13-5-4-12(7-14(13)21-2)8-18-19-10-16-17-11-19/h3-5,7-8,10-11H,1,6,9H2,2H3/b18-8+. The molecular formula is C15H16N4O3S. The van der Waals surface area contributed by atoms with Crippen LogP contribution in [0.25, 0.3) is 0 Å². The lowest BCUT2D eigenvalue weighted by molar-refractivity contribution is -0.131. The predicted octanol–water partition coefficient (Wildman–Crippen LogP) is 1.99. The number of methoxy groups -OCH3 is 1. The minimum absolute atomic E-state index is 0.256. The van der Waals surface area contributed by atoms with Crippen LogP contribution in [0.5, 0.6) is 11.5 Å². The highest BCUT2D eigenvalue weighted by molar-refractivity contribution is 8.00. The number of hydrogen-bond acceptors (Lipinski definition) is 7. The molecule has 0 aliphatic heterocycles. The topological polar surface area (TPSA) is 78.6 Å². The van der Waals surface area contributed by atoms with E-state index >= 15 is 0 Å². The minimum Gasteiger partial charge on any atom is -0.493 e. The van der Waals surface area contributed by atoms with E-state index in [1.807, 2.05) is 0 Å². The van der Waals surface area contributed by atoms with Gasteiger partial charge < -0.3 is 9.47 Å². The second-order valence-corrected chi connectivity index (χ2v) is 5.30. The van der Waals surface area contributed by atoms with Gasteiger partial charge in [-0.3, -0.25) is 4.79 Å². The number of aromatic nitrogens is 3. The highest BCUT2D eigenvalue weighted by atomic mass is 32.2. The molecule has 0 unspecified atom stereocenters. The molecule has 0 saturated carbocycles. The molecule has 8 heteroatoms. The zero-order chi connectivity index (χ0) is 16.5. The first-order valence-electron chi connectivity index (χ1n) is 6.69. The Morgan fingerprint density at radius 2 is 2.17 bits per heavy atom. The van der Waals surface area contributed by atoms with Crippen LogP contribution in [0, 0.1) is 0 Å². The normalized spacial score (nSPS) is 10.7. The Labute approximate surface area is 138 Å². The van der Waals surface area contributed by atoms with Gasteiger partial charge in [-0.05, 0) is 23.8 Å². The average Bonchev–Trinajstić information content (AvgIpc) is 3.07. The van der Waals surface area contributed by atoms with Crippen LogP contribution < -0.4 is 9.47 Å². The summed E-state index contributed by atoms with van der Waals surface area (Å²) in [4.78, 5) is 11.7. The summed E-state index contributed by atoms with van der Waals surface area (Å²) >= 11 is 1.43. The molecule has 2 aromatic rings. The van der Waals surface area contributed by atoms with E-state index in [1.54, 1.807) is 30.5 Å². The van der Waals surface area contributed by atoms with Gasteiger partial charge in [0.15, 0.2) is 11.5 Å². The van der Waals surface area contributed by atoms with Crippen LogP contribution in [0.2, 0.25) is 0 Å². The number of carbonyl (C=O) groups excluding carboxylic acids is 1. The molecule has 120 valence electrons. The van der Waals surface area contributed by atoms with Crippen molar-refractivity contribution in [1.29, 1.82) is 0 Å². The van der Waals surface area contributed by atoms with E-state index in [0.29, 0.717) is 17.3 Å². The second-order valence-electron chi connectivity index (χ2n) is 4.27. The van der Waals surface area contributed by atoms with Gasteiger partial charge in [0.1, 0.15) is 12.7 Å². The van der Waals surface area contributed by atoms with Crippen molar-refractivity contribution in [2.24, 2.45) is 5.10 Å². The summed E-state index contributed by atoms with van der Waals surface area (Å²) in [6.45, 7) is 3.60. The fourth-order valence-electron chi connectivity index (χ4n) is 1.61. The number of ether oxygens (including phenoxy) is 2. The first-order valence-corrected chi connectivity index (χ1v) is 7.84. The van der Waals surface area contributed by atoms with Gasteiger partial charge in [0.2, 0.25) is 0 Å². The lowest BCUT2D eigenvalue weighted by atomic mass is 10.2. The van der Waals surface area contributed by atoms with Crippen molar-refractivity contribution in [2.75, 3.05) is 18.6 Å². The molecule has 1 aromatic heterocycles. The Bertz CT molecular complexity index is 686. The number of thioether (sulfide) groups is 1. The molecule has 23 heavy (non-hydrogen) atoms. The lowest BCUT2D eigenvalue weighted by Crippen LogP contribution is -2.11. The summed E-state index contributed by atoms with van der Waals surface area (Å²) in [5.74, 6) is 1.45. The van der Waals surface area contributed by atoms with Gasteiger partial charge in [-0.15, -0.1) is 28.5 Å². The SMILES string of the molecule is C=CCSCC(=O)Oc1ccc(/C=N/n2cnnc2)cc1OC. The molecule has 2 rings (SSSR count). The van der Waals surface area contributed by atoms with Crippen molar-refractivity contribution >= 4 is 23.9 Å². The molecular weight excluding hydrogens is 316 g/mol. The Balaban J connectivity index is 2.04. The van der Waals surface area contributed by atoms with Crippen LogP contribution in [0.4, 0.5) is 0 Å². The van der Waals surface area contributed by atoms with Crippen LogP contribution in [0.15, 0.2) is 48.6 Å². The predicted molar refractivity (Wildman–Crippen MR) is 89.2 cm³/mol. The summed E-state index contributed by atoms with van der Waals surface area (Å²) in [5, 5.41) is 11.5. The summed E-state index contributed by atoms with van der Waals surface area (Å²) in [6.07, 6.45) is 6.31. The van der Waals surface area contributed by atoms with Gasteiger partial charge in [0.25, 0.3) is 0 Å². The van der Waals surface area contributed by atoms with E-state index < -0.39 is 0 Å². The van der Waals surface area contributed by atoms with Gasteiger partial charge in [-0.1, -0.05) is 6.08 Å². The van der Waals surface area contributed by atoms with Crippen molar-refractivity contribution in [3.05, 3.63) is 49.1 Å². The Morgan fingerprint density at radius 1 is 1.39 bits per heavy atom. The van der Waals surface area contributed by atoms with Gasteiger partial charge in [-0.2, -0.15) is 5.10 Å². The molecule has 0 saturated heterocycles. The van der Waals surface area contributed by atoms with Crippen molar-refractivity contribution in [3.63, 3.8) is 0 Å². The van der Waals surface area contributed by atoms with E-state index in [-0.39, 0.29) is 11.7 Å². The van der Waals surface area contributed by atoms with Crippen LogP contribution in [-0.2, 0) is 4.79 Å². The molecule has 0 radical (unpaired) electrons. The largest absolute Gasteiger partial charge is 0.493 e. The average molecular weight is 332 g/mol. The number of benzene rings is 1. The van der Waals surface area contributed by atoms with Gasteiger partial charge in [-0.25, -0.2) is 4.68 Å². The first-order chi connectivity index (χ1) is 11.2. The Hall–Kier alpha value is -2.61. The molecule has 1 heterocycles. The molecule has 7 nitrogen and oxygen atoms in total. The van der Waals surface area contributed by atoms with E-state index in [1.165, 1.54) is 36.2 Å². The van der Waals surface area contributed by atoms with Crippen LogP contribution in [-0.4, -0.2) is 45.7 Å². The monoisotopic (exact) mass is 332 g/mol. The molecule has 1 aromatic carbocycles. The fraction of sp³-hybridized carbons (Fsp3) is 0.200. The van der Waals surface area contributed by atoms with E-state index in [9.17, 15) is 4.79 Å². The molecule has 0 aliphatic carbocycles. The maximum atomic E-state index is 11.7. The summed E-state index contributed by atoms with van der Waals surface area (Å²) in [7, 11) is 1.51. The Morgan fingerprint density at radius 3 is 2.87 bits per heavy atom. The first kappa shape index (κ1) is 16.8. The zero-order valence-corrected chi connectivity index (χ0v) is 13.4. The number of nitrogens with zero attached hydrogens (tertiary/aromatic N) is 4. The third-order valence-electron chi connectivity index (χ3n) is 2.61. The third kappa shape index (κ3) is 5.26. The number of esters is 1. The van der Waals surface area contributed by atoms with Crippen molar-refractivity contribution in [2.45, 2.75) is 0 Å². The molecule has 0 bridgehead atoms. The fourth-order valence-corrected chi connectivity index (χ4v) is 2.12. The van der Waals surface area contributed by atoms with Crippen molar-refractivity contribution in [1.82, 2.24) is 14.9 Å². The number of carbonyl (C=O) groups is 1. The van der Waals surface area contributed by atoms with E-state index in [2.05, 4.69) is 21.9 Å². The number of rotatable bonds is 8. The molecule has 0 fully saturated rings. The molecule has 0 N–H and O–H groups in total. The molecule has 0 spiro atoms. The van der Waals surface area contributed by atoms with Crippen LogP contribution in [0.3, 0.4) is 0 Å². The third-order valence-corrected chi connectivity index (χ3v) is 3.53. The summed E-state index contributed by atoms with van der Waals surface area (Å²) < 4.78 is 12.0. The highest BCUT2D eigenvalue weighted by Gasteiger charge is 2.10. The van der Waals surface area contributed by atoms with Gasteiger partial charge in [0, 0.05) is 5.75 Å². The second kappa shape index (κ2) is 8.74. The highest BCUT2D eigenvalue weighted by Crippen LogP contribution is 2.28. The summed E-state index contributed by atoms with van der Waals surface area (Å²) in [5.41, 5.74) is 0.788. The maximum absolute atomic E-state index is 11.7. The lowest BCUT2D eigenvalue weighted by Gasteiger charge is -2.09. The van der Waals surface area contributed by atoms with Gasteiger partial charge in [0.05, 0.1) is 19.1 Å². The number of hydrogen-bond donors (Lipinski definition) is 0. The quantitative estimate of drug-likeness (QED) is 0.242. The van der Waals surface area contributed by atoms with E-state index in [0.717, 1.165) is 5.56 Å². The van der Waals surface area contributed by atoms with Crippen LogP contribution in [0.1, 0.15) is 5.56 Å². The van der Waals surface area contributed by atoms with Gasteiger partial charge >= 0.3 is 5.97 Å². The van der Waals surface area contributed by atoms with Crippen LogP contribution >= 0.6 is 11.8 Å². The summed E-state index contributed by atoms with van der Waals surface area (Å²) in [6, 6.07) is 5.17. The Kier molecular flexibility index (Phi) is 6.37. The van der Waals surface area contributed by atoms with Crippen molar-refractivity contribution in [3.8, 4) is 11.5 Å². The smallest absolute Gasteiger partial charge is 0.321 e. The van der Waals surface area contributed by atoms with Crippen molar-refractivity contribution < 1.29 is 14.3 Å². The van der Waals surface area contributed by atoms with E-state index in [4.69, 9.17) is 9.47 Å². The molecule has 0 aliphatic rings. The zero-order valence-electron chi connectivity index (χ0n) is 12.6. The maximum Gasteiger partial charge on any atom is 0.321 e. The molecule has 0 atom stereocenters. The minimum atomic E-state index is -0.332. The molecule has 0 amide bonds.